The van der Waals surface area contributed by atoms with Gasteiger partial charge in [0.2, 0.25) is 5.91 Å². The van der Waals surface area contributed by atoms with E-state index in [0.717, 1.165) is 0 Å². The van der Waals surface area contributed by atoms with E-state index >= 15 is 0 Å². The molecule has 0 aliphatic carbocycles. The number of oxazole rings is 1. The van der Waals surface area contributed by atoms with Crippen molar-refractivity contribution in [2.45, 2.75) is 6.54 Å². The van der Waals surface area contributed by atoms with Gasteiger partial charge in [-0.15, -0.1) is 0 Å². The molecular weight excluding hydrogens is 379 g/mol. The molecule has 0 unspecified atom stereocenters. The molecule has 0 bridgehead atoms. The summed E-state index contributed by atoms with van der Waals surface area (Å²) >= 11 is 11.7. The molecule has 136 valence electrons. The summed E-state index contributed by atoms with van der Waals surface area (Å²) in [6.45, 7) is 0.573. The molecule has 0 N–H and O–H groups in total. The lowest BCUT2D eigenvalue weighted by molar-refractivity contribution is -0.130. The molecule has 8 heteroatoms. The zero-order valence-corrected chi connectivity index (χ0v) is 15.5. The standard InChI is InChI=1S/C18H16Cl2N2O4/c1-21(8-9-25-14-5-2-12(19)3-6-14)17(23)11-22-15-7-4-13(20)10-16(15)26-18(22)24/h2-7,10H,8-9,11H2,1H3. The number of halogens is 2. The van der Waals surface area contributed by atoms with Gasteiger partial charge in [-0.2, -0.15) is 0 Å². The van der Waals surface area contributed by atoms with Crippen LogP contribution in [0.1, 0.15) is 0 Å². The van der Waals surface area contributed by atoms with E-state index in [1.807, 2.05) is 0 Å². The van der Waals surface area contributed by atoms with Crippen LogP contribution in [-0.2, 0) is 11.3 Å². The average molecular weight is 395 g/mol. The van der Waals surface area contributed by atoms with E-state index in [1.165, 1.54) is 9.47 Å². The van der Waals surface area contributed by atoms with Gasteiger partial charge in [-0.3, -0.25) is 9.36 Å². The second-order valence-electron chi connectivity index (χ2n) is 5.68. The number of hydrogen-bond donors (Lipinski definition) is 0. The van der Waals surface area contributed by atoms with Crippen molar-refractivity contribution >= 4 is 40.2 Å². The summed E-state index contributed by atoms with van der Waals surface area (Å²) in [6, 6.07) is 11.8. The van der Waals surface area contributed by atoms with Gasteiger partial charge in [0, 0.05) is 23.2 Å². The number of amides is 1. The molecule has 0 aliphatic rings. The number of nitrogens with zero attached hydrogens (tertiary/aromatic N) is 2. The van der Waals surface area contributed by atoms with E-state index in [-0.39, 0.29) is 12.5 Å². The fraction of sp³-hybridized carbons (Fsp3) is 0.222. The van der Waals surface area contributed by atoms with Crippen LogP contribution in [0.4, 0.5) is 0 Å². The van der Waals surface area contributed by atoms with Crippen molar-refractivity contribution in [2.75, 3.05) is 20.2 Å². The van der Waals surface area contributed by atoms with Crippen LogP contribution in [0.3, 0.4) is 0 Å². The third-order valence-electron chi connectivity index (χ3n) is 3.86. The number of benzene rings is 2. The first-order valence-electron chi connectivity index (χ1n) is 7.85. The Morgan fingerprint density at radius 2 is 1.85 bits per heavy atom. The highest BCUT2D eigenvalue weighted by Crippen LogP contribution is 2.18. The molecule has 0 saturated heterocycles. The smallest absolute Gasteiger partial charge is 0.420 e. The van der Waals surface area contributed by atoms with Gasteiger partial charge in [-0.25, -0.2) is 4.79 Å². The fourth-order valence-electron chi connectivity index (χ4n) is 2.40. The predicted octanol–water partition coefficient (Wildman–Crippen LogP) is 3.44. The van der Waals surface area contributed by atoms with E-state index in [0.29, 0.717) is 40.0 Å². The van der Waals surface area contributed by atoms with Gasteiger partial charge < -0.3 is 14.1 Å². The van der Waals surface area contributed by atoms with Crippen molar-refractivity contribution in [1.29, 1.82) is 0 Å². The lowest BCUT2D eigenvalue weighted by Crippen LogP contribution is -2.35. The van der Waals surface area contributed by atoms with E-state index < -0.39 is 5.76 Å². The van der Waals surface area contributed by atoms with Gasteiger partial charge in [-0.1, -0.05) is 23.2 Å². The Balaban J connectivity index is 1.60. The molecule has 0 radical (unpaired) electrons. The quantitative estimate of drug-likeness (QED) is 0.642. The maximum atomic E-state index is 12.4. The van der Waals surface area contributed by atoms with Crippen molar-refractivity contribution in [3.05, 3.63) is 63.1 Å². The Labute approximate surface area is 159 Å². The molecule has 3 aromatic rings. The minimum absolute atomic E-state index is 0.120. The SMILES string of the molecule is CN(CCOc1ccc(Cl)cc1)C(=O)Cn1c(=O)oc2cc(Cl)ccc21. The van der Waals surface area contributed by atoms with Crippen LogP contribution >= 0.6 is 23.2 Å². The number of fused-ring (bicyclic) bond motifs is 1. The number of aromatic nitrogens is 1. The maximum Gasteiger partial charge on any atom is 0.420 e. The van der Waals surface area contributed by atoms with Crippen molar-refractivity contribution in [3.63, 3.8) is 0 Å². The Bertz CT molecular complexity index is 979. The van der Waals surface area contributed by atoms with Crippen molar-refractivity contribution in [2.24, 2.45) is 0 Å². The first-order valence-corrected chi connectivity index (χ1v) is 8.61. The van der Waals surface area contributed by atoms with Gasteiger partial charge >= 0.3 is 5.76 Å². The molecule has 0 spiro atoms. The summed E-state index contributed by atoms with van der Waals surface area (Å²) in [6.07, 6.45) is 0. The van der Waals surface area contributed by atoms with Crippen LogP contribution in [0.15, 0.2) is 51.7 Å². The van der Waals surface area contributed by atoms with Crippen LogP contribution in [-0.4, -0.2) is 35.6 Å². The second kappa shape index (κ2) is 7.85. The number of carbonyl (C=O) groups is 1. The summed E-state index contributed by atoms with van der Waals surface area (Å²) in [7, 11) is 1.65. The van der Waals surface area contributed by atoms with Crippen molar-refractivity contribution in [3.8, 4) is 5.75 Å². The molecule has 0 fully saturated rings. The van der Waals surface area contributed by atoms with Gasteiger partial charge in [-0.05, 0) is 36.4 Å². The molecule has 1 heterocycles. The Kier molecular flexibility index (Phi) is 5.54. The zero-order chi connectivity index (χ0) is 18.7. The van der Waals surface area contributed by atoms with Gasteiger partial charge in [0.1, 0.15) is 18.9 Å². The lowest BCUT2D eigenvalue weighted by atomic mass is 10.3. The highest BCUT2D eigenvalue weighted by atomic mass is 35.5. The molecule has 26 heavy (non-hydrogen) atoms. The third kappa shape index (κ3) is 4.20. The van der Waals surface area contributed by atoms with Crippen molar-refractivity contribution < 1.29 is 13.9 Å². The molecular formula is C18H16Cl2N2O4. The maximum absolute atomic E-state index is 12.4. The highest BCUT2D eigenvalue weighted by molar-refractivity contribution is 6.31. The first kappa shape index (κ1) is 18.4. The Morgan fingerprint density at radius 3 is 2.58 bits per heavy atom. The number of likely N-dealkylation sites (N-methyl/N-ethyl adjacent to an activating group) is 1. The van der Waals surface area contributed by atoms with Crippen LogP contribution in [0.2, 0.25) is 10.0 Å². The normalized spacial score (nSPS) is 10.9. The van der Waals surface area contributed by atoms with Gasteiger partial charge in [0.25, 0.3) is 0 Å². The molecule has 0 atom stereocenters. The van der Waals surface area contributed by atoms with E-state index in [1.54, 1.807) is 49.5 Å². The molecule has 3 rings (SSSR count). The molecule has 1 amide bonds. The van der Waals surface area contributed by atoms with Crippen LogP contribution in [0.25, 0.3) is 11.1 Å². The Morgan fingerprint density at radius 1 is 1.15 bits per heavy atom. The minimum atomic E-state index is -0.596. The number of ether oxygens (including phenoxy) is 1. The van der Waals surface area contributed by atoms with Gasteiger partial charge in [0.05, 0.1) is 12.1 Å². The fourth-order valence-corrected chi connectivity index (χ4v) is 2.69. The lowest BCUT2D eigenvalue weighted by Gasteiger charge is -2.17. The third-order valence-corrected chi connectivity index (χ3v) is 4.35. The van der Waals surface area contributed by atoms with Crippen molar-refractivity contribution in [1.82, 2.24) is 9.47 Å². The molecule has 0 aliphatic heterocycles. The molecule has 2 aromatic carbocycles. The minimum Gasteiger partial charge on any atom is -0.492 e. The number of carbonyl (C=O) groups excluding carboxylic acids is 1. The van der Waals surface area contributed by atoms with Crippen LogP contribution < -0.4 is 10.5 Å². The molecule has 0 saturated carbocycles. The van der Waals surface area contributed by atoms with Gasteiger partial charge in [0.15, 0.2) is 5.58 Å². The number of rotatable bonds is 6. The monoisotopic (exact) mass is 394 g/mol. The van der Waals surface area contributed by atoms with E-state index in [2.05, 4.69) is 0 Å². The first-order chi connectivity index (χ1) is 12.4. The van der Waals surface area contributed by atoms with E-state index in [4.69, 9.17) is 32.4 Å². The largest absolute Gasteiger partial charge is 0.492 e. The van der Waals surface area contributed by atoms with Crippen LogP contribution in [0, 0.1) is 0 Å². The summed E-state index contributed by atoms with van der Waals surface area (Å²) in [5.74, 6) is -0.157. The summed E-state index contributed by atoms with van der Waals surface area (Å²) in [5, 5.41) is 1.09. The number of hydrogen-bond acceptors (Lipinski definition) is 4. The predicted molar refractivity (Wildman–Crippen MR) is 100 cm³/mol. The topological polar surface area (TPSA) is 64.7 Å². The van der Waals surface area contributed by atoms with E-state index in [9.17, 15) is 9.59 Å². The van der Waals surface area contributed by atoms with Crippen LogP contribution in [0.5, 0.6) is 5.75 Å². The summed E-state index contributed by atoms with van der Waals surface area (Å²) < 4.78 is 12.0. The average Bonchev–Trinajstić information content (AvgIpc) is 2.91. The summed E-state index contributed by atoms with van der Waals surface area (Å²) in [5.41, 5.74) is 0.877. The molecule has 1 aromatic heterocycles. The Hall–Kier alpha value is -2.44. The zero-order valence-electron chi connectivity index (χ0n) is 13.9. The second-order valence-corrected chi connectivity index (χ2v) is 6.56. The molecule has 6 nitrogen and oxygen atoms in total. The summed E-state index contributed by atoms with van der Waals surface area (Å²) in [4.78, 5) is 25.9. The highest BCUT2D eigenvalue weighted by Gasteiger charge is 2.15.